The van der Waals surface area contributed by atoms with Crippen LogP contribution in [0, 0.1) is 13.8 Å². The van der Waals surface area contributed by atoms with E-state index in [0.717, 1.165) is 55.7 Å². The van der Waals surface area contributed by atoms with Gasteiger partial charge in [-0.25, -0.2) is 14.6 Å². The van der Waals surface area contributed by atoms with Gasteiger partial charge in [-0.3, -0.25) is 9.88 Å². The highest BCUT2D eigenvalue weighted by Crippen LogP contribution is 2.18. The Labute approximate surface area is 153 Å². The zero-order valence-corrected chi connectivity index (χ0v) is 15.2. The van der Waals surface area contributed by atoms with E-state index < -0.39 is 0 Å². The van der Waals surface area contributed by atoms with Crippen LogP contribution in [-0.4, -0.2) is 55.8 Å². The van der Waals surface area contributed by atoms with E-state index in [1.54, 1.807) is 6.33 Å². The van der Waals surface area contributed by atoms with Gasteiger partial charge in [-0.2, -0.15) is 5.10 Å². The van der Waals surface area contributed by atoms with Crippen molar-refractivity contribution in [1.82, 2.24) is 29.6 Å². The largest absolute Gasteiger partial charge is 0.354 e. The molecule has 0 saturated carbocycles. The zero-order chi connectivity index (χ0) is 17.9. The topological polar surface area (TPSA) is 63.0 Å². The molecule has 1 saturated heterocycles. The molecule has 0 amide bonds. The van der Waals surface area contributed by atoms with Crippen molar-refractivity contribution in [3.05, 3.63) is 59.9 Å². The zero-order valence-electron chi connectivity index (χ0n) is 15.2. The van der Waals surface area contributed by atoms with Gasteiger partial charge in [-0.05, 0) is 37.6 Å². The van der Waals surface area contributed by atoms with E-state index in [9.17, 15) is 0 Å². The summed E-state index contributed by atoms with van der Waals surface area (Å²) in [5.74, 6) is 1.78. The second-order valence-corrected chi connectivity index (χ2v) is 6.69. The number of aromatic nitrogens is 5. The number of hydrogen-bond acceptors (Lipinski definition) is 6. The van der Waals surface area contributed by atoms with Crippen LogP contribution in [0.3, 0.4) is 0 Å². The summed E-state index contributed by atoms with van der Waals surface area (Å²) in [4.78, 5) is 17.7. The molecule has 0 aliphatic carbocycles. The molecule has 0 bridgehead atoms. The minimum absolute atomic E-state index is 0.819. The fraction of sp³-hybridized carbons (Fsp3) is 0.368. The Balaban J connectivity index is 1.43. The van der Waals surface area contributed by atoms with Crippen molar-refractivity contribution in [3.8, 4) is 5.82 Å². The van der Waals surface area contributed by atoms with E-state index in [1.807, 2.05) is 37.0 Å². The summed E-state index contributed by atoms with van der Waals surface area (Å²) in [5, 5.41) is 4.52. The molecular weight excluding hydrogens is 326 g/mol. The maximum Gasteiger partial charge on any atom is 0.159 e. The van der Waals surface area contributed by atoms with E-state index in [2.05, 4.69) is 48.0 Å². The molecule has 1 aliphatic heterocycles. The Morgan fingerprint density at radius 2 is 1.65 bits per heavy atom. The van der Waals surface area contributed by atoms with Crippen LogP contribution in [0.4, 0.5) is 5.82 Å². The maximum atomic E-state index is 4.52. The van der Waals surface area contributed by atoms with Gasteiger partial charge in [0, 0.05) is 56.9 Å². The number of piperazine rings is 1. The molecule has 26 heavy (non-hydrogen) atoms. The van der Waals surface area contributed by atoms with E-state index in [1.165, 1.54) is 5.56 Å². The number of hydrogen-bond donors (Lipinski definition) is 0. The van der Waals surface area contributed by atoms with Gasteiger partial charge in [0.05, 0.1) is 5.69 Å². The third-order valence-electron chi connectivity index (χ3n) is 4.72. The highest BCUT2D eigenvalue weighted by molar-refractivity contribution is 5.44. The molecule has 134 valence electrons. The molecule has 1 aliphatic rings. The normalized spacial score (nSPS) is 15.4. The van der Waals surface area contributed by atoms with Crippen LogP contribution in [0.1, 0.15) is 17.0 Å². The molecule has 7 nitrogen and oxygen atoms in total. The first kappa shape index (κ1) is 16.7. The first-order chi connectivity index (χ1) is 12.7. The average Bonchev–Trinajstić information content (AvgIpc) is 3.01. The Kier molecular flexibility index (Phi) is 4.62. The summed E-state index contributed by atoms with van der Waals surface area (Å²) < 4.78 is 1.88. The number of nitrogens with zero attached hydrogens (tertiary/aromatic N) is 7. The van der Waals surface area contributed by atoms with Gasteiger partial charge in [-0.1, -0.05) is 0 Å². The summed E-state index contributed by atoms with van der Waals surface area (Å²) in [6.07, 6.45) is 5.34. The molecule has 0 N–H and O–H groups in total. The number of rotatable bonds is 4. The second kappa shape index (κ2) is 7.21. The second-order valence-electron chi connectivity index (χ2n) is 6.69. The van der Waals surface area contributed by atoms with E-state index in [0.29, 0.717) is 0 Å². The minimum atomic E-state index is 0.819. The molecule has 0 atom stereocenters. The predicted octanol–water partition coefficient (Wildman–Crippen LogP) is 2.00. The van der Waals surface area contributed by atoms with Crippen LogP contribution in [0.15, 0.2) is 43.0 Å². The molecule has 0 radical (unpaired) electrons. The molecule has 0 aromatic carbocycles. The first-order valence-electron chi connectivity index (χ1n) is 8.91. The molecule has 4 heterocycles. The molecule has 4 rings (SSSR count). The Morgan fingerprint density at radius 3 is 2.35 bits per heavy atom. The summed E-state index contributed by atoms with van der Waals surface area (Å²) in [6.45, 7) is 8.95. The average molecular weight is 349 g/mol. The monoisotopic (exact) mass is 349 g/mol. The molecule has 7 heteroatoms. The standard InChI is InChI=1S/C19H23N7/c1-15-11-16(2)26(23-15)19-12-18(21-14-22-19)25-9-7-24(8-10-25)13-17-3-5-20-6-4-17/h3-6,11-12,14H,7-10,13H2,1-2H3. The molecular formula is C19H23N7. The highest BCUT2D eigenvalue weighted by Gasteiger charge is 2.19. The van der Waals surface area contributed by atoms with Crippen molar-refractivity contribution in [1.29, 1.82) is 0 Å². The first-order valence-corrected chi connectivity index (χ1v) is 8.91. The van der Waals surface area contributed by atoms with Crippen molar-refractivity contribution < 1.29 is 0 Å². The third kappa shape index (κ3) is 3.57. The Bertz CT molecular complexity index is 867. The van der Waals surface area contributed by atoms with Gasteiger partial charge in [0.1, 0.15) is 12.1 Å². The fourth-order valence-electron chi connectivity index (χ4n) is 3.37. The third-order valence-corrected chi connectivity index (χ3v) is 4.72. The van der Waals surface area contributed by atoms with E-state index >= 15 is 0 Å². The maximum absolute atomic E-state index is 4.52. The van der Waals surface area contributed by atoms with Crippen molar-refractivity contribution in [2.75, 3.05) is 31.1 Å². The van der Waals surface area contributed by atoms with Crippen molar-refractivity contribution >= 4 is 5.82 Å². The lowest BCUT2D eigenvalue weighted by Gasteiger charge is -2.35. The molecule has 0 spiro atoms. The summed E-state index contributed by atoms with van der Waals surface area (Å²) >= 11 is 0. The highest BCUT2D eigenvalue weighted by atomic mass is 15.3. The SMILES string of the molecule is Cc1cc(C)n(-c2cc(N3CCN(Cc4ccncc4)CC3)ncn2)n1. The van der Waals surface area contributed by atoms with Gasteiger partial charge in [-0.15, -0.1) is 0 Å². The smallest absolute Gasteiger partial charge is 0.159 e. The number of anilines is 1. The lowest BCUT2D eigenvalue weighted by atomic mass is 10.2. The van der Waals surface area contributed by atoms with E-state index in [-0.39, 0.29) is 0 Å². The lowest BCUT2D eigenvalue weighted by Crippen LogP contribution is -2.46. The van der Waals surface area contributed by atoms with Gasteiger partial charge >= 0.3 is 0 Å². The quantitative estimate of drug-likeness (QED) is 0.718. The molecule has 1 fully saturated rings. The molecule has 0 unspecified atom stereocenters. The van der Waals surface area contributed by atoms with Gasteiger partial charge in [0.2, 0.25) is 0 Å². The van der Waals surface area contributed by atoms with Gasteiger partial charge in [0.15, 0.2) is 5.82 Å². The van der Waals surface area contributed by atoms with Crippen molar-refractivity contribution in [3.63, 3.8) is 0 Å². The fourth-order valence-corrected chi connectivity index (χ4v) is 3.37. The lowest BCUT2D eigenvalue weighted by molar-refractivity contribution is 0.249. The molecule has 3 aromatic rings. The van der Waals surface area contributed by atoms with Crippen LogP contribution < -0.4 is 4.90 Å². The van der Waals surface area contributed by atoms with Gasteiger partial charge in [0.25, 0.3) is 0 Å². The summed E-state index contributed by atoms with van der Waals surface area (Å²) in [7, 11) is 0. The predicted molar refractivity (Wildman–Crippen MR) is 100 cm³/mol. The minimum Gasteiger partial charge on any atom is -0.354 e. The van der Waals surface area contributed by atoms with Crippen molar-refractivity contribution in [2.45, 2.75) is 20.4 Å². The number of pyridine rings is 1. The van der Waals surface area contributed by atoms with Crippen LogP contribution in [0.5, 0.6) is 0 Å². The van der Waals surface area contributed by atoms with Crippen LogP contribution in [0.25, 0.3) is 5.82 Å². The summed E-state index contributed by atoms with van der Waals surface area (Å²) in [6, 6.07) is 8.24. The summed E-state index contributed by atoms with van der Waals surface area (Å²) in [5.41, 5.74) is 3.38. The van der Waals surface area contributed by atoms with E-state index in [4.69, 9.17) is 0 Å². The Hall–Kier alpha value is -2.80. The van der Waals surface area contributed by atoms with Crippen LogP contribution in [-0.2, 0) is 6.54 Å². The van der Waals surface area contributed by atoms with Crippen LogP contribution >= 0.6 is 0 Å². The van der Waals surface area contributed by atoms with Crippen molar-refractivity contribution in [2.24, 2.45) is 0 Å². The number of aryl methyl sites for hydroxylation is 2. The molecule has 3 aromatic heterocycles. The van der Waals surface area contributed by atoms with Crippen LogP contribution in [0.2, 0.25) is 0 Å². The Morgan fingerprint density at radius 1 is 0.923 bits per heavy atom. The van der Waals surface area contributed by atoms with Gasteiger partial charge < -0.3 is 4.90 Å².